The summed E-state index contributed by atoms with van der Waals surface area (Å²) in [6.45, 7) is 2.05. The van der Waals surface area contributed by atoms with Gasteiger partial charge in [-0.05, 0) is 18.6 Å². The Balaban J connectivity index is 2.52. The maximum Gasteiger partial charge on any atom is 0.408 e. The first kappa shape index (κ1) is 17.5. The average Bonchev–Trinajstić information content (AvgIpc) is 2.45. The van der Waals surface area contributed by atoms with Gasteiger partial charge in [0.1, 0.15) is 6.04 Å². The molecule has 2 nitrogen and oxygen atoms in total. The zero-order valence-electron chi connectivity index (χ0n) is 12.2. The molecule has 1 atom stereocenters. The number of alkyl halides is 3. The van der Waals surface area contributed by atoms with Crippen LogP contribution in [0.1, 0.15) is 55.8 Å². The molecular weight excluding hydrogens is 279 g/mol. The Bertz CT molecular complexity index is 417. The highest BCUT2D eigenvalue weighted by Crippen LogP contribution is 2.25. The number of carbonyl (C=O) groups is 1. The number of carbonyl (C=O) groups excluding carboxylic acids is 1. The van der Waals surface area contributed by atoms with E-state index in [1.54, 1.807) is 18.2 Å². The van der Waals surface area contributed by atoms with Crippen molar-refractivity contribution in [3.8, 4) is 0 Å². The summed E-state index contributed by atoms with van der Waals surface area (Å²) in [5, 5.41) is 2.10. The normalized spacial score (nSPS) is 13.0. The maximum absolute atomic E-state index is 13.0. The molecule has 1 N–H and O–H groups in total. The molecule has 0 aliphatic carbocycles. The third-order valence-electron chi connectivity index (χ3n) is 3.33. The summed E-state index contributed by atoms with van der Waals surface area (Å²) < 4.78 is 38.9. The van der Waals surface area contributed by atoms with Crippen molar-refractivity contribution in [2.24, 2.45) is 0 Å². The number of rotatable bonds is 8. The predicted molar refractivity (Wildman–Crippen MR) is 77.1 cm³/mol. The van der Waals surface area contributed by atoms with Crippen LogP contribution in [0.25, 0.3) is 0 Å². The molecule has 118 valence electrons. The molecule has 1 aromatic carbocycles. The lowest BCUT2D eigenvalue weighted by molar-refractivity contribution is -0.155. The van der Waals surface area contributed by atoms with Crippen molar-refractivity contribution in [3.63, 3.8) is 0 Å². The molecule has 1 amide bonds. The minimum atomic E-state index is -4.41. The van der Waals surface area contributed by atoms with Crippen molar-refractivity contribution < 1.29 is 18.0 Å². The molecule has 0 aromatic heterocycles. The van der Waals surface area contributed by atoms with Gasteiger partial charge in [0, 0.05) is 5.56 Å². The zero-order chi connectivity index (χ0) is 15.7. The van der Waals surface area contributed by atoms with Gasteiger partial charge in [0.15, 0.2) is 0 Å². The monoisotopic (exact) mass is 301 g/mol. The van der Waals surface area contributed by atoms with Gasteiger partial charge in [0.25, 0.3) is 5.91 Å². The first-order valence-corrected chi connectivity index (χ1v) is 7.37. The third kappa shape index (κ3) is 6.65. The van der Waals surface area contributed by atoms with E-state index in [1.165, 1.54) is 12.1 Å². The van der Waals surface area contributed by atoms with E-state index >= 15 is 0 Å². The summed E-state index contributed by atoms with van der Waals surface area (Å²) in [5.41, 5.74) is 0.248. The fourth-order valence-corrected chi connectivity index (χ4v) is 2.10. The summed E-state index contributed by atoms with van der Waals surface area (Å²) in [6.07, 6.45) is -0.212. The number of hydrogen-bond acceptors (Lipinski definition) is 1. The van der Waals surface area contributed by atoms with Crippen LogP contribution in [-0.4, -0.2) is 18.1 Å². The summed E-state index contributed by atoms with van der Waals surface area (Å²) in [6, 6.07) is 6.21. The van der Waals surface area contributed by atoms with Crippen molar-refractivity contribution in [2.75, 3.05) is 0 Å². The molecule has 0 aliphatic rings. The van der Waals surface area contributed by atoms with Crippen LogP contribution in [0.2, 0.25) is 0 Å². The topological polar surface area (TPSA) is 29.1 Å². The van der Waals surface area contributed by atoms with Crippen molar-refractivity contribution in [3.05, 3.63) is 35.9 Å². The minimum absolute atomic E-state index is 0.0637. The quantitative estimate of drug-likeness (QED) is 0.692. The van der Waals surface area contributed by atoms with Gasteiger partial charge in [-0.3, -0.25) is 4.79 Å². The molecule has 0 saturated heterocycles. The second-order valence-corrected chi connectivity index (χ2v) is 5.14. The fourth-order valence-electron chi connectivity index (χ4n) is 2.10. The van der Waals surface area contributed by atoms with E-state index in [4.69, 9.17) is 0 Å². The van der Waals surface area contributed by atoms with Gasteiger partial charge in [0.05, 0.1) is 0 Å². The molecular formula is C16H22F3NO. The number of amides is 1. The average molecular weight is 301 g/mol. The molecule has 0 aliphatic heterocycles. The lowest BCUT2D eigenvalue weighted by atomic mass is 10.1. The molecule has 1 aromatic rings. The van der Waals surface area contributed by atoms with E-state index in [0.29, 0.717) is 6.42 Å². The first-order valence-electron chi connectivity index (χ1n) is 7.37. The van der Waals surface area contributed by atoms with E-state index in [0.717, 1.165) is 25.7 Å². The number of halogens is 3. The van der Waals surface area contributed by atoms with E-state index < -0.39 is 18.1 Å². The van der Waals surface area contributed by atoms with E-state index in [1.807, 2.05) is 0 Å². The second kappa shape index (κ2) is 8.70. The molecule has 0 saturated carbocycles. The van der Waals surface area contributed by atoms with Gasteiger partial charge in [0.2, 0.25) is 0 Å². The zero-order valence-corrected chi connectivity index (χ0v) is 12.2. The molecule has 0 spiro atoms. The van der Waals surface area contributed by atoms with Gasteiger partial charge in [-0.1, -0.05) is 57.2 Å². The fraction of sp³-hybridized carbons (Fsp3) is 0.562. The Kier molecular flexibility index (Phi) is 7.26. The van der Waals surface area contributed by atoms with Crippen LogP contribution in [0.4, 0.5) is 13.2 Å². The molecule has 5 heteroatoms. The van der Waals surface area contributed by atoms with Crippen molar-refractivity contribution in [1.82, 2.24) is 5.32 Å². The lowest BCUT2D eigenvalue weighted by Crippen LogP contribution is -2.45. The van der Waals surface area contributed by atoms with Crippen molar-refractivity contribution in [2.45, 2.75) is 57.7 Å². The highest BCUT2D eigenvalue weighted by molar-refractivity contribution is 5.94. The van der Waals surface area contributed by atoms with Crippen LogP contribution >= 0.6 is 0 Å². The smallest absolute Gasteiger partial charge is 0.340 e. The minimum Gasteiger partial charge on any atom is -0.340 e. The highest BCUT2D eigenvalue weighted by atomic mass is 19.4. The summed E-state index contributed by atoms with van der Waals surface area (Å²) >= 11 is 0. The molecule has 21 heavy (non-hydrogen) atoms. The van der Waals surface area contributed by atoms with Gasteiger partial charge in [-0.25, -0.2) is 0 Å². The summed E-state index contributed by atoms with van der Waals surface area (Å²) in [5.74, 6) is -0.675. The Morgan fingerprint density at radius 3 is 2.29 bits per heavy atom. The van der Waals surface area contributed by atoms with Gasteiger partial charge in [-0.15, -0.1) is 0 Å². The number of hydrogen-bond donors (Lipinski definition) is 1. The van der Waals surface area contributed by atoms with Crippen LogP contribution in [0.15, 0.2) is 30.3 Å². The van der Waals surface area contributed by atoms with Crippen LogP contribution in [0, 0.1) is 0 Å². The van der Waals surface area contributed by atoms with E-state index in [2.05, 4.69) is 12.2 Å². The molecule has 0 unspecified atom stereocenters. The second-order valence-electron chi connectivity index (χ2n) is 5.14. The van der Waals surface area contributed by atoms with Crippen LogP contribution in [0.3, 0.4) is 0 Å². The number of nitrogens with one attached hydrogen (secondary N) is 1. The van der Waals surface area contributed by atoms with Crippen molar-refractivity contribution in [1.29, 1.82) is 0 Å². The molecule has 0 radical (unpaired) electrons. The van der Waals surface area contributed by atoms with E-state index in [-0.39, 0.29) is 12.0 Å². The maximum atomic E-state index is 13.0. The van der Waals surface area contributed by atoms with Gasteiger partial charge < -0.3 is 5.32 Å². The van der Waals surface area contributed by atoms with Crippen LogP contribution in [-0.2, 0) is 0 Å². The number of unbranched alkanes of at least 4 members (excludes halogenated alkanes) is 4. The van der Waals surface area contributed by atoms with Gasteiger partial charge >= 0.3 is 6.18 Å². The molecule has 1 rings (SSSR count). The van der Waals surface area contributed by atoms with E-state index in [9.17, 15) is 18.0 Å². The Hall–Kier alpha value is -1.52. The molecule has 0 heterocycles. The standard InChI is InChI=1S/C16H22F3NO/c1-2-3-4-5-9-12-14(16(17,18)19)20-15(21)13-10-7-6-8-11-13/h6-8,10-11,14H,2-5,9,12H2,1H3,(H,20,21)/t14-/m1/s1. The lowest BCUT2D eigenvalue weighted by Gasteiger charge is -2.21. The molecule has 0 bridgehead atoms. The largest absolute Gasteiger partial charge is 0.408 e. The first-order chi connectivity index (χ1) is 9.95. The van der Waals surface area contributed by atoms with Gasteiger partial charge in [-0.2, -0.15) is 13.2 Å². The Morgan fingerprint density at radius 2 is 1.71 bits per heavy atom. The highest BCUT2D eigenvalue weighted by Gasteiger charge is 2.40. The third-order valence-corrected chi connectivity index (χ3v) is 3.33. The Morgan fingerprint density at radius 1 is 1.10 bits per heavy atom. The molecule has 0 fully saturated rings. The number of benzene rings is 1. The Labute approximate surface area is 123 Å². The van der Waals surface area contributed by atoms with Crippen LogP contribution < -0.4 is 5.32 Å². The SMILES string of the molecule is CCCCCCC[C@@H](NC(=O)c1ccccc1)C(F)(F)F. The summed E-state index contributed by atoms with van der Waals surface area (Å²) in [4.78, 5) is 11.8. The predicted octanol–water partition coefficient (Wildman–Crippen LogP) is 4.71. The summed E-state index contributed by atoms with van der Waals surface area (Å²) in [7, 11) is 0. The van der Waals surface area contributed by atoms with Crippen LogP contribution in [0.5, 0.6) is 0 Å². The van der Waals surface area contributed by atoms with Crippen molar-refractivity contribution >= 4 is 5.91 Å².